The molecule has 2 saturated heterocycles. The molecule has 1 unspecified atom stereocenters. The summed E-state index contributed by atoms with van der Waals surface area (Å²) in [4.78, 5) is 16.3. The predicted octanol–water partition coefficient (Wildman–Crippen LogP) is 4.63. The van der Waals surface area contributed by atoms with E-state index in [2.05, 4.69) is 34.1 Å². The van der Waals surface area contributed by atoms with Crippen LogP contribution in [-0.4, -0.2) is 61.9 Å². The number of hydrogen-bond acceptors (Lipinski definition) is 8. The molecule has 3 aliphatic heterocycles. The summed E-state index contributed by atoms with van der Waals surface area (Å²) in [6.45, 7) is 4.42. The summed E-state index contributed by atoms with van der Waals surface area (Å²) < 4.78 is 20.3. The Kier molecular flexibility index (Phi) is 5.53. The lowest BCUT2D eigenvalue weighted by Gasteiger charge is -2.29. The van der Waals surface area contributed by atoms with Crippen molar-refractivity contribution in [3.63, 3.8) is 0 Å². The van der Waals surface area contributed by atoms with Crippen molar-refractivity contribution < 1.29 is 19.3 Å². The van der Waals surface area contributed by atoms with Gasteiger partial charge in [0, 0.05) is 17.6 Å². The summed E-state index contributed by atoms with van der Waals surface area (Å²) in [5.41, 5.74) is 3.91. The van der Waals surface area contributed by atoms with Gasteiger partial charge in [0.1, 0.15) is 18.3 Å². The fourth-order valence-corrected chi connectivity index (χ4v) is 7.09. The Morgan fingerprint density at radius 2 is 1.81 bits per heavy atom. The smallest absolute Gasteiger partial charge is 0.226 e. The SMILES string of the molecule is CC1(C)OC2[C@@H](O1)[C@@H](CO)O[C@H]2n1cnc2c(N3CC4(CCCCCC4)c4ccccc43)nc(Cl)nc21. The van der Waals surface area contributed by atoms with E-state index in [-0.39, 0.29) is 23.4 Å². The molecule has 1 saturated carbocycles. The second kappa shape index (κ2) is 8.61. The van der Waals surface area contributed by atoms with Crippen LogP contribution in [0.5, 0.6) is 0 Å². The number of fused-ring (bicyclic) bond motifs is 4. The van der Waals surface area contributed by atoms with Gasteiger partial charge in [0.05, 0.1) is 12.9 Å². The molecule has 3 fully saturated rings. The van der Waals surface area contributed by atoms with E-state index in [4.69, 9.17) is 35.8 Å². The summed E-state index contributed by atoms with van der Waals surface area (Å²) in [7, 11) is 0. The molecule has 0 radical (unpaired) electrons. The third-order valence-corrected chi connectivity index (χ3v) is 8.67. The molecule has 4 aliphatic rings. The summed E-state index contributed by atoms with van der Waals surface area (Å²) in [6, 6.07) is 8.68. The van der Waals surface area contributed by atoms with Crippen LogP contribution < -0.4 is 4.90 Å². The van der Waals surface area contributed by atoms with Gasteiger partial charge < -0.3 is 24.2 Å². The van der Waals surface area contributed by atoms with Crippen LogP contribution >= 0.6 is 11.6 Å². The average Bonchev–Trinajstić information content (AvgIpc) is 3.55. The van der Waals surface area contributed by atoms with Crippen molar-refractivity contribution in [2.45, 2.75) is 88.1 Å². The van der Waals surface area contributed by atoms with Crippen LogP contribution in [0.1, 0.15) is 64.2 Å². The number of aliphatic hydroxyl groups excluding tert-OH is 1. The van der Waals surface area contributed by atoms with Gasteiger partial charge in [-0.25, -0.2) is 4.98 Å². The molecule has 4 atom stereocenters. The second-order valence-electron chi connectivity index (χ2n) is 11.3. The number of ether oxygens (including phenoxy) is 3. The van der Waals surface area contributed by atoms with E-state index in [9.17, 15) is 5.11 Å². The lowest BCUT2D eigenvalue weighted by Crippen LogP contribution is -2.31. The van der Waals surface area contributed by atoms with Gasteiger partial charge in [-0.05, 0) is 49.9 Å². The predicted molar refractivity (Wildman–Crippen MR) is 138 cm³/mol. The first-order chi connectivity index (χ1) is 17.9. The molecule has 9 nitrogen and oxygen atoms in total. The molecule has 196 valence electrons. The number of benzene rings is 1. The maximum absolute atomic E-state index is 9.94. The van der Waals surface area contributed by atoms with Gasteiger partial charge in [-0.2, -0.15) is 9.97 Å². The first-order valence-corrected chi connectivity index (χ1v) is 13.7. The Morgan fingerprint density at radius 3 is 2.59 bits per heavy atom. The number of halogens is 1. The highest BCUT2D eigenvalue weighted by Crippen LogP contribution is 2.51. The molecular formula is C27H32ClN5O4. The fourth-order valence-electron chi connectivity index (χ4n) is 6.93. The summed E-state index contributed by atoms with van der Waals surface area (Å²) in [6.07, 6.45) is 7.24. The zero-order chi connectivity index (χ0) is 25.4. The van der Waals surface area contributed by atoms with Gasteiger partial charge in [-0.1, -0.05) is 43.9 Å². The van der Waals surface area contributed by atoms with E-state index in [1.807, 2.05) is 18.4 Å². The standard InChI is InChI=1S/C27H32ClN5O4/c1-26(2)36-20-18(13-34)35-24(21(20)37-26)33-15-29-19-22(30-25(28)31-23(19)33)32-14-27(11-7-3-4-8-12-27)16-9-5-6-10-17(16)32/h5-6,9-10,15,18,20-21,24,34H,3-4,7-8,11-14H2,1-2H3/t18-,20+,21?,24-/m1/s1. The summed E-state index contributed by atoms with van der Waals surface area (Å²) >= 11 is 6.55. The van der Waals surface area contributed by atoms with Gasteiger partial charge in [0.25, 0.3) is 0 Å². The number of rotatable bonds is 3. The first-order valence-electron chi connectivity index (χ1n) is 13.3. The van der Waals surface area contributed by atoms with Crippen molar-refractivity contribution in [2.75, 3.05) is 18.1 Å². The summed E-state index contributed by atoms with van der Waals surface area (Å²) in [5, 5.41) is 10.1. The molecule has 2 aromatic heterocycles. The lowest BCUT2D eigenvalue weighted by atomic mass is 9.76. The Morgan fingerprint density at radius 1 is 1.05 bits per heavy atom. The van der Waals surface area contributed by atoms with Crippen molar-refractivity contribution in [1.82, 2.24) is 19.5 Å². The lowest BCUT2D eigenvalue weighted by molar-refractivity contribution is -0.199. The maximum atomic E-state index is 9.94. The molecule has 3 aromatic rings. The average molecular weight is 526 g/mol. The van der Waals surface area contributed by atoms with Gasteiger partial charge in [-0.15, -0.1) is 0 Å². The molecule has 10 heteroatoms. The van der Waals surface area contributed by atoms with Gasteiger partial charge in [0.2, 0.25) is 5.28 Å². The van der Waals surface area contributed by atoms with Crippen LogP contribution in [0.4, 0.5) is 11.5 Å². The summed E-state index contributed by atoms with van der Waals surface area (Å²) in [5.74, 6) is -0.0647. The molecule has 1 aromatic carbocycles. The van der Waals surface area contributed by atoms with Crippen LogP contribution in [0.3, 0.4) is 0 Å². The molecule has 0 amide bonds. The van der Waals surface area contributed by atoms with E-state index < -0.39 is 24.2 Å². The minimum absolute atomic E-state index is 0.107. The van der Waals surface area contributed by atoms with Gasteiger partial charge in [0.15, 0.2) is 29.0 Å². The maximum Gasteiger partial charge on any atom is 0.226 e. The molecule has 0 bridgehead atoms. The van der Waals surface area contributed by atoms with Crippen molar-refractivity contribution >= 4 is 34.3 Å². The second-order valence-corrected chi connectivity index (χ2v) is 11.6. The van der Waals surface area contributed by atoms with E-state index in [0.29, 0.717) is 17.0 Å². The largest absolute Gasteiger partial charge is 0.394 e. The van der Waals surface area contributed by atoms with Crippen LogP contribution in [-0.2, 0) is 19.6 Å². The molecular weight excluding hydrogens is 494 g/mol. The van der Waals surface area contributed by atoms with Crippen molar-refractivity contribution in [3.05, 3.63) is 41.4 Å². The van der Waals surface area contributed by atoms with Crippen LogP contribution in [0.25, 0.3) is 11.2 Å². The third kappa shape index (κ3) is 3.70. The molecule has 7 rings (SSSR count). The fraction of sp³-hybridized carbons (Fsp3) is 0.593. The zero-order valence-corrected chi connectivity index (χ0v) is 21.9. The van der Waals surface area contributed by atoms with E-state index in [0.717, 1.165) is 6.54 Å². The highest BCUT2D eigenvalue weighted by molar-refractivity contribution is 6.28. The molecule has 37 heavy (non-hydrogen) atoms. The van der Waals surface area contributed by atoms with E-state index >= 15 is 0 Å². The van der Waals surface area contributed by atoms with Crippen LogP contribution in [0, 0.1) is 0 Å². The Balaban J connectivity index is 1.32. The highest BCUT2D eigenvalue weighted by Gasteiger charge is 2.56. The number of nitrogens with zero attached hydrogens (tertiary/aromatic N) is 5. The third-order valence-electron chi connectivity index (χ3n) is 8.50. The molecule has 1 N–H and O–H groups in total. The van der Waals surface area contributed by atoms with Gasteiger partial charge >= 0.3 is 0 Å². The topological polar surface area (TPSA) is 94.8 Å². The van der Waals surface area contributed by atoms with Crippen molar-refractivity contribution in [1.29, 1.82) is 0 Å². The minimum Gasteiger partial charge on any atom is -0.394 e. The normalized spacial score (nSPS) is 30.1. The number of hydrogen-bond donors (Lipinski definition) is 1. The van der Waals surface area contributed by atoms with Crippen LogP contribution in [0.15, 0.2) is 30.6 Å². The highest BCUT2D eigenvalue weighted by atomic mass is 35.5. The van der Waals surface area contributed by atoms with Crippen molar-refractivity contribution in [2.24, 2.45) is 0 Å². The van der Waals surface area contributed by atoms with Crippen LogP contribution in [0.2, 0.25) is 5.28 Å². The number of aromatic nitrogens is 4. The van der Waals surface area contributed by atoms with Crippen molar-refractivity contribution in [3.8, 4) is 0 Å². The first kappa shape index (κ1) is 23.8. The quantitative estimate of drug-likeness (QED) is 0.494. The Hall–Kier alpha value is -2.30. The molecule has 1 aliphatic carbocycles. The minimum atomic E-state index is -0.773. The monoisotopic (exact) mass is 525 g/mol. The number of anilines is 2. The van der Waals surface area contributed by atoms with E-state index in [1.54, 1.807) is 6.33 Å². The zero-order valence-electron chi connectivity index (χ0n) is 21.1. The Bertz CT molecular complexity index is 1340. The Labute approximate surface area is 220 Å². The van der Waals surface area contributed by atoms with Gasteiger partial charge in [-0.3, -0.25) is 4.57 Å². The molecule has 1 spiro atoms. The number of aliphatic hydroxyl groups is 1. The number of imidazole rings is 1. The molecule has 5 heterocycles. The number of para-hydroxylation sites is 1. The van der Waals surface area contributed by atoms with E-state index in [1.165, 1.54) is 49.8 Å².